The Labute approximate surface area is 79.4 Å². The summed E-state index contributed by atoms with van der Waals surface area (Å²) in [4.78, 5) is 14.8. The maximum atomic E-state index is 10.8. The van der Waals surface area contributed by atoms with Gasteiger partial charge in [0.1, 0.15) is 5.82 Å². The zero-order valence-corrected chi connectivity index (χ0v) is 8.08. The van der Waals surface area contributed by atoms with Crippen LogP contribution in [0.3, 0.4) is 0 Å². The van der Waals surface area contributed by atoms with Crippen molar-refractivity contribution in [3.63, 3.8) is 0 Å². The summed E-state index contributed by atoms with van der Waals surface area (Å²) in [5.74, 6) is 2.64. The molecule has 6 heteroatoms. The lowest BCUT2D eigenvalue weighted by atomic mass is 10.5. The Morgan fingerprint density at radius 2 is 2.42 bits per heavy atom. The Morgan fingerprint density at radius 3 is 2.75 bits per heavy atom. The van der Waals surface area contributed by atoms with Gasteiger partial charge in [0.2, 0.25) is 0 Å². The number of nitrogens with zero attached hydrogens (tertiary/aromatic N) is 1. The summed E-state index contributed by atoms with van der Waals surface area (Å²) in [6.07, 6.45) is 0. The Bertz CT molecular complexity index is 262. The van der Waals surface area contributed by atoms with Crippen molar-refractivity contribution in [1.29, 1.82) is 0 Å². The number of hydrogen-bond donors (Lipinski definition) is 1. The summed E-state index contributed by atoms with van der Waals surface area (Å²) < 4.78 is 4.43. The van der Waals surface area contributed by atoms with E-state index in [1.807, 2.05) is 0 Å². The van der Waals surface area contributed by atoms with Gasteiger partial charge < -0.3 is 10.5 Å². The first kappa shape index (κ1) is 11.0. The van der Waals surface area contributed by atoms with Crippen LogP contribution in [0.5, 0.6) is 0 Å². The lowest BCUT2D eigenvalue weighted by molar-refractivity contribution is 0.0607. The quantitative estimate of drug-likeness (QED) is 0.548. The second kappa shape index (κ2) is 5.62. The second-order valence-corrected chi connectivity index (χ2v) is 2.41. The summed E-state index contributed by atoms with van der Waals surface area (Å²) in [6.45, 7) is 0. The number of nitrogen functional groups attached to an aromatic ring is 1. The van der Waals surface area contributed by atoms with Gasteiger partial charge in [0.05, 0.1) is 12.6 Å². The molecular formula is C6H8N2O2S2. The number of thiazole rings is 1. The predicted octanol–water partition coefficient (Wildman–Crippen LogP) is 1.13. The maximum Gasteiger partial charge on any atom is 0.351 e. The third kappa shape index (κ3) is 2.55. The molecule has 0 aliphatic rings. The number of anilines is 1. The van der Waals surface area contributed by atoms with Crippen LogP contribution in [0.1, 0.15) is 9.67 Å². The van der Waals surface area contributed by atoms with Gasteiger partial charge in [-0.15, -0.1) is 11.3 Å². The molecule has 0 spiro atoms. The van der Waals surface area contributed by atoms with Crippen LogP contribution in [-0.2, 0) is 4.74 Å². The van der Waals surface area contributed by atoms with E-state index in [1.165, 1.54) is 24.0 Å². The molecule has 0 aliphatic carbocycles. The van der Waals surface area contributed by atoms with E-state index in [2.05, 4.69) is 27.8 Å². The number of ether oxygens (including phenoxy) is 1. The highest BCUT2D eigenvalue weighted by atomic mass is 32.1. The molecule has 0 unspecified atom stereocenters. The highest BCUT2D eigenvalue weighted by molar-refractivity contribution is 7.77. The molecule has 0 fully saturated rings. The van der Waals surface area contributed by atoms with Crippen LogP contribution < -0.4 is 5.73 Å². The summed E-state index contributed by atoms with van der Waals surface area (Å²) in [5, 5.41) is 0. The minimum Gasteiger partial charge on any atom is -0.465 e. The molecule has 0 saturated heterocycles. The fourth-order valence-electron chi connectivity index (χ4n) is 0.500. The van der Waals surface area contributed by atoms with E-state index in [0.717, 1.165) is 0 Å². The largest absolute Gasteiger partial charge is 0.465 e. The van der Waals surface area contributed by atoms with Crippen LogP contribution in [0.2, 0.25) is 0 Å². The normalized spacial score (nSPS) is 8.08. The zero-order chi connectivity index (χ0) is 9.56. The van der Waals surface area contributed by atoms with Crippen LogP contribution in [0.15, 0.2) is 5.51 Å². The molecule has 4 nitrogen and oxygen atoms in total. The van der Waals surface area contributed by atoms with Gasteiger partial charge in [-0.3, -0.25) is 0 Å². The molecule has 1 heterocycles. The minimum atomic E-state index is -0.431. The molecule has 1 aromatic rings. The Balaban J connectivity index is 0.000000561. The Morgan fingerprint density at radius 1 is 1.83 bits per heavy atom. The third-order valence-electron chi connectivity index (χ3n) is 0.966. The molecule has 66 valence electrons. The van der Waals surface area contributed by atoms with Gasteiger partial charge in [0.25, 0.3) is 0 Å². The number of nitrogens with two attached hydrogens (primary N) is 1. The van der Waals surface area contributed by atoms with Gasteiger partial charge in [-0.05, 0) is 5.87 Å². The monoisotopic (exact) mass is 204 g/mol. The molecule has 0 aromatic carbocycles. The van der Waals surface area contributed by atoms with E-state index in [1.54, 1.807) is 0 Å². The van der Waals surface area contributed by atoms with Crippen molar-refractivity contribution in [3.8, 4) is 0 Å². The smallest absolute Gasteiger partial charge is 0.351 e. The Hall–Kier alpha value is -1.01. The van der Waals surface area contributed by atoms with Gasteiger partial charge in [0, 0.05) is 0 Å². The van der Waals surface area contributed by atoms with Crippen molar-refractivity contribution >= 4 is 41.2 Å². The molecule has 0 bridgehead atoms. The lowest BCUT2D eigenvalue weighted by Crippen LogP contribution is -2.01. The SMILES string of the molecule is C=S.COC(=O)c1scnc1N. The van der Waals surface area contributed by atoms with Crippen LogP contribution in [0, 0.1) is 0 Å². The maximum absolute atomic E-state index is 10.8. The van der Waals surface area contributed by atoms with Crippen molar-refractivity contribution in [1.82, 2.24) is 4.98 Å². The summed E-state index contributed by atoms with van der Waals surface area (Å²) in [5.41, 5.74) is 6.82. The van der Waals surface area contributed by atoms with E-state index >= 15 is 0 Å². The number of hydrogen-bond acceptors (Lipinski definition) is 6. The average Bonchev–Trinajstić information content (AvgIpc) is 2.54. The fraction of sp³-hybridized carbons (Fsp3) is 0.167. The highest BCUT2D eigenvalue weighted by Gasteiger charge is 2.11. The standard InChI is InChI=1S/C5H6N2O2S.CH2S/c1-9-5(8)3-4(6)7-2-10-3;1-2/h2H,6H2,1H3;1H2. The van der Waals surface area contributed by atoms with Crippen molar-refractivity contribution < 1.29 is 9.53 Å². The molecular weight excluding hydrogens is 196 g/mol. The van der Waals surface area contributed by atoms with E-state index in [-0.39, 0.29) is 5.82 Å². The van der Waals surface area contributed by atoms with E-state index in [4.69, 9.17) is 5.73 Å². The molecule has 1 rings (SSSR count). The van der Waals surface area contributed by atoms with Crippen molar-refractivity contribution in [3.05, 3.63) is 10.4 Å². The Kier molecular flexibility index (Phi) is 5.14. The third-order valence-corrected chi connectivity index (χ3v) is 1.79. The van der Waals surface area contributed by atoms with E-state index in [0.29, 0.717) is 4.88 Å². The number of carbonyl (C=O) groups is 1. The van der Waals surface area contributed by atoms with Crippen LogP contribution >= 0.6 is 23.6 Å². The highest BCUT2D eigenvalue weighted by Crippen LogP contribution is 2.15. The number of esters is 1. The number of methoxy groups -OCH3 is 1. The number of rotatable bonds is 1. The van der Waals surface area contributed by atoms with Gasteiger partial charge in [-0.2, -0.15) is 0 Å². The average molecular weight is 204 g/mol. The zero-order valence-electron chi connectivity index (χ0n) is 6.44. The van der Waals surface area contributed by atoms with Crippen molar-refractivity contribution in [2.75, 3.05) is 12.8 Å². The summed E-state index contributed by atoms with van der Waals surface area (Å²) in [6, 6.07) is 0. The predicted molar refractivity (Wildman–Crippen MR) is 52.6 cm³/mol. The lowest BCUT2D eigenvalue weighted by Gasteiger charge is -1.92. The first-order valence-electron chi connectivity index (χ1n) is 2.82. The van der Waals surface area contributed by atoms with Gasteiger partial charge in [-0.1, -0.05) is 12.2 Å². The van der Waals surface area contributed by atoms with Crippen LogP contribution in [0.4, 0.5) is 5.82 Å². The number of carbonyl (C=O) groups excluding carboxylic acids is 1. The minimum absolute atomic E-state index is 0.233. The molecule has 12 heavy (non-hydrogen) atoms. The summed E-state index contributed by atoms with van der Waals surface area (Å²) in [7, 11) is 1.31. The first-order chi connectivity index (χ1) is 5.75. The molecule has 2 N–H and O–H groups in total. The second-order valence-electron chi connectivity index (χ2n) is 1.56. The molecule has 0 atom stereocenters. The molecule has 0 saturated carbocycles. The number of aromatic nitrogens is 1. The van der Waals surface area contributed by atoms with Gasteiger partial charge in [0.15, 0.2) is 4.88 Å². The summed E-state index contributed by atoms with van der Waals surface area (Å²) >= 11 is 5.00. The van der Waals surface area contributed by atoms with E-state index < -0.39 is 5.97 Å². The van der Waals surface area contributed by atoms with E-state index in [9.17, 15) is 4.79 Å². The number of thiocarbonyl (C=S) groups is 1. The van der Waals surface area contributed by atoms with Gasteiger partial charge in [-0.25, -0.2) is 9.78 Å². The molecule has 0 amide bonds. The van der Waals surface area contributed by atoms with Crippen molar-refractivity contribution in [2.45, 2.75) is 0 Å². The molecule has 0 radical (unpaired) electrons. The molecule has 1 aromatic heterocycles. The van der Waals surface area contributed by atoms with Crippen LogP contribution in [0.25, 0.3) is 0 Å². The fourth-order valence-corrected chi connectivity index (χ4v) is 1.12. The van der Waals surface area contributed by atoms with Gasteiger partial charge >= 0.3 is 5.97 Å². The van der Waals surface area contributed by atoms with Crippen LogP contribution in [-0.4, -0.2) is 23.9 Å². The van der Waals surface area contributed by atoms with Crippen molar-refractivity contribution in [2.24, 2.45) is 0 Å². The topological polar surface area (TPSA) is 65.2 Å². The first-order valence-corrected chi connectivity index (χ1v) is 4.27. The molecule has 0 aliphatic heterocycles.